The van der Waals surface area contributed by atoms with Crippen LogP contribution in [0.15, 0.2) is 218 Å². The van der Waals surface area contributed by atoms with Crippen LogP contribution in [0, 0.1) is 0 Å². The highest BCUT2D eigenvalue weighted by Gasteiger charge is 2.16. The second kappa shape index (κ2) is 13.2. The minimum Gasteiger partial charge on any atom is -0.309 e. The van der Waals surface area contributed by atoms with Crippen molar-refractivity contribution in [3.8, 4) is 55.9 Å². The van der Waals surface area contributed by atoms with Gasteiger partial charge in [-0.2, -0.15) is 0 Å². The maximum absolute atomic E-state index is 2.41. The molecule has 0 atom stereocenters. The maximum atomic E-state index is 2.41. The van der Waals surface area contributed by atoms with Gasteiger partial charge in [-0.3, -0.25) is 0 Å². The monoisotopic (exact) mass is 712 g/mol. The molecule has 0 aliphatic heterocycles. The van der Waals surface area contributed by atoms with Gasteiger partial charge in [0.1, 0.15) is 0 Å². The number of rotatable bonds is 6. The first-order valence-electron chi connectivity index (χ1n) is 19.3. The lowest BCUT2D eigenvalue weighted by molar-refractivity contribution is 1.18. The van der Waals surface area contributed by atoms with Crippen LogP contribution in [0.2, 0.25) is 0 Å². The number of fused-ring (bicyclic) bond motifs is 6. The molecular weight excluding hydrogens is 677 g/mol. The summed E-state index contributed by atoms with van der Waals surface area (Å²) in [6.45, 7) is 0. The zero-order chi connectivity index (χ0) is 37.0. The van der Waals surface area contributed by atoms with Crippen LogP contribution in [-0.4, -0.2) is 9.13 Å². The average Bonchev–Trinajstić information content (AvgIpc) is 3.79. The largest absolute Gasteiger partial charge is 0.309 e. The maximum Gasteiger partial charge on any atom is 0.0541 e. The average molecular weight is 713 g/mol. The van der Waals surface area contributed by atoms with Gasteiger partial charge in [0.25, 0.3) is 0 Å². The molecule has 0 N–H and O–H groups in total. The first-order valence-corrected chi connectivity index (χ1v) is 19.3. The highest BCUT2D eigenvalue weighted by molar-refractivity contribution is 6.12. The second-order valence-corrected chi connectivity index (χ2v) is 14.6. The standard InChI is InChI=1S/C54H36N2/c1-3-12-37(13-4-1)38-22-24-39(25-23-38)40-26-28-41(29-27-40)42-14-11-17-46(34-42)56-52-21-10-8-19-48(52)50-36-44(31-33-54(50)56)43-30-32-53-49(35-43)47-18-7-9-20-51(47)55(53)45-15-5-2-6-16-45/h1-36H. The minimum atomic E-state index is 1.15. The SMILES string of the molecule is c1ccc(-c2ccc(-c3ccc(-c4cccc(-n5c6ccccc6c6cc(-c7ccc8c(c7)c7ccccc7n8-c7ccccc7)ccc65)c4)cc3)cc2)cc1. The predicted molar refractivity (Wildman–Crippen MR) is 237 cm³/mol. The van der Waals surface area contributed by atoms with E-state index in [1.54, 1.807) is 0 Å². The summed E-state index contributed by atoms with van der Waals surface area (Å²) >= 11 is 0. The third-order valence-corrected chi connectivity index (χ3v) is 11.3. The zero-order valence-electron chi connectivity index (χ0n) is 30.7. The molecule has 9 aromatic carbocycles. The Hall–Kier alpha value is -7.42. The molecule has 0 unspecified atom stereocenters. The lowest BCUT2D eigenvalue weighted by Gasteiger charge is -2.11. The van der Waals surface area contributed by atoms with E-state index < -0.39 is 0 Å². The first-order chi connectivity index (χ1) is 27.8. The Morgan fingerprint density at radius 1 is 0.196 bits per heavy atom. The van der Waals surface area contributed by atoms with E-state index in [2.05, 4.69) is 228 Å². The van der Waals surface area contributed by atoms with Gasteiger partial charge in [0, 0.05) is 32.9 Å². The van der Waals surface area contributed by atoms with Crippen molar-refractivity contribution in [3.05, 3.63) is 218 Å². The van der Waals surface area contributed by atoms with E-state index in [0.29, 0.717) is 0 Å². The minimum absolute atomic E-state index is 1.15. The zero-order valence-corrected chi connectivity index (χ0v) is 30.7. The van der Waals surface area contributed by atoms with Gasteiger partial charge in [0.05, 0.1) is 22.1 Å². The van der Waals surface area contributed by atoms with E-state index in [1.165, 1.54) is 93.8 Å². The van der Waals surface area contributed by atoms with Crippen molar-refractivity contribution in [1.82, 2.24) is 9.13 Å². The number of aromatic nitrogens is 2. The third kappa shape index (κ3) is 5.34. The number of para-hydroxylation sites is 3. The summed E-state index contributed by atoms with van der Waals surface area (Å²) in [5, 5.41) is 5.02. The molecular formula is C54H36N2. The van der Waals surface area contributed by atoms with Gasteiger partial charge < -0.3 is 9.13 Å². The summed E-state index contributed by atoms with van der Waals surface area (Å²) in [5.41, 5.74) is 16.9. The fourth-order valence-electron chi connectivity index (χ4n) is 8.60. The first kappa shape index (κ1) is 32.0. The normalized spacial score (nSPS) is 11.6. The highest BCUT2D eigenvalue weighted by Crippen LogP contribution is 2.39. The topological polar surface area (TPSA) is 9.86 Å². The predicted octanol–water partition coefficient (Wildman–Crippen LogP) is 14.5. The Morgan fingerprint density at radius 3 is 1.07 bits per heavy atom. The van der Waals surface area contributed by atoms with Crippen molar-refractivity contribution in [1.29, 1.82) is 0 Å². The quantitative estimate of drug-likeness (QED) is 0.162. The van der Waals surface area contributed by atoms with Gasteiger partial charge in [-0.05, 0) is 105 Å². The van der Waals surface area contributed by atoms with Crippen molar-refractivity contribution in [3.63, 3.8) is 0 Å². The molecule has 2 nitrogen and oxygen atoms in total. The molecule has 0 saturated carbocycles. The molecule has 0 saturated heterocycles. The van der Waals surface area contributed by atoms with Crippen LogP contribution in [0.25, 0.3) is 99.5 Å². The molecule has 56 heavy (non-hydrogen) atoms. The summed E-state index contributed by atoms with van der Waals surface area (Å²) < 4.78 is 4.79. The van der Waals surface area contributed by atoms with E-state index in [-0.39, 0.29) is 0 Å². The third-order valence-electron chi connectivity index (χ3n) is 11.3. The smallest absolute Gasteiger partial charge is 0.0541 e. The number of hydrogen-bond acceptors (Lipinski definition) is 0. The Kier molecular flexibility index (Phi) is 7.53. The van der Waals surface area contributed by atoms with Crippen LogP contribution in [0.3, 0.4) is 0 Å². The van der Waals surface area contributed by atoms with Crippen LogP contribution in [0.4, 0.5) is 0 Å². The molecule has 2 aromatic heterocycles. The molecule has 0 spiro atoms. The van der Waals surface area contributed by atoms with Crippen molar-refractivity contribution < 1.29 is 0 Å². The van der Waals surface area contributed by atoms with E-state index >= 15 is 0 Å². The number of hydrogen-bond donors (Lipinski definition) is 0. The van der Waals surface area contributed by atoms with Gasteiger partial charge in [0.15, 0.2) is 0 Å². The van der Waals surface area contributed by atoms with Crippen molar-refractivity contribution >= 4 is 43.6 Å². The lowest BCUT2D eigenvalue weighted by Crippen LogP contribution is -1.94. The van der Waals surface area contributed by atoms with Gasteiger partial charge in [-0.25, -0.2) is 0 Å². The Morgan fingerprint density at radius 2 is 0.536 bits per heavy atom. The van der Waals surface area contributed by atoms with Gasteiger partial charge in [-0.15, -0.1) is 0 Å². The molecule has 11 rings (SSSR count). The van der Waals surface area contributed by atoms with Crippen molar-refractivity contribution in [2.24, 2.45) is 0 Å². The summed E-state index contributed by atoms with van der Waals surface area (Å²) in [4.78, 5) is 0. The Bertz CT molecular complexity index is 3200. The van der Waals surface area contributed by atoms with E-state index in [0.717, 1.165) is 5.69 Å². The molecule has 2 heteroatoms. The molecule has 0 aliphatic carbocycles. The van der Waals surface area contributed by atoms with Gasteiger partial charge in [-0.1, -0.05) is 158 Å². The molecule has 0 bridgehead atoms. The van der Waals surface area contributed by atoms with Crippen LogP contribution < -0.4 is 0 Å². The fourth-order valence-corrected chi connectivity index (χ4v) is 8.60. The van der Waals surface area contributed by atoms with E-state index in [9.17, 15) is 0 Å². The Balaban J connectivity index is 0.958. The van der Waals surface area contributed by atoms with Crippen LogP contribution in [0.5, 0.6) is 0 Å². The second-order valence-electron chi connectivity index (χ2n) is 14.6. The summed E-state index contributed by atoms with van der Waals surface area (Å²) in [5.74, 6) is 0. The number of nitrogens with zero attached hydrogens (tertiary/aromatic N) is 2. The number of benzene rings is 9. The fraction of sp³-hybridized carbons (Fsp3) is 0. The Labute approximate surface area is 325 Å². The van der Waals surface area contributed by atoms with Gasteiger partial charge >= 0.3 is 0 Å². The van der Waals surface area contributed by atoms with E-state index in [1.807, 2.05) is 0 Å². The lowest BCUT2D eigenvalue weighted by atomic mass is 9.98. The summed E-state index contributed by atoms with van der Waals surface area (Å²) in [6.07, 6.45) is 0. The molecule has 0 radical (unpaired) electrons. The van der Waals surface area contributed by atoms with Crippen LogP contribution >= 0.6 is 0 Å². The molecule has 2 heterocycles. The summed E-state index contributed by atoms with van der Waals surface area (Å²) in [7, 11) is 0. The van der Waals surface area contributed by atoms with E-state index in [4.69, 9.17) is 0 Å². The molecule has 11 aromatic rings. The van der Waals surface area contributed by atoms with Crippen LogP contribution in [-0.2, 0) is 0 Å². The summed E-state index contributed by atoms with van der Waals surface area (Å²) in [6, 6.07) is 79.3. The van der Waals surface area contributed by atoms with Crippen molar-refractivity contribution in [2.45, 2.75) is 0 Å². The molecule has 0 fully saturated rings. The van der Waals surface area contributed by atoms with Crippen molar-refractivity contribution in [2.75, 3.05) is 0 Å². The van der Waals surface area contributed by atoms with Gasteiger partial charge in [0.2, 0.25) is 0 Å². The molecule has 0 amide bonds. The highest BCUT2D eigenvalue weighted by atomic mass is 15.0. The molecule has 262 valence electrons. The molecule has 0 aliphatic rings. The van der Waals surface area contributed by atoms with Crippen LogP contribution in [0.1, 0.15) is 0 Å².